The number of hydrogen-bond donors (Lipinski definition) is 1. The van der Waals surface area contributed by atoms with Gasteiger partial charge in [0.25, 0.3) is 5.91 Å². The van der Waals surface area contributed by atoms with Crippen molar-refractivity contribution in [3.05, 3.63) is 84.8 Å². The highest BCUT2D eigenvalue weighted by Crippen LogP contribution is 2.37. The third-order valence-electron chi connectivity index (χ3n) is 5.79. The Morgan fingerprint density at radius 1 is 1.00 bits per heavy atom. The predicted molar refractivity (Wildman–Crippen MR) is 135 cm³/mol. The highest BCUT2D eigenvalue weighted by molar-refractivity contribution is 6.04. The molecule has 0 radical (unpaired) electrons. The number of benzene rings is 1. The maximum atomic E-state index is 12.9. The van der Waals surface area contributed by atoms with Crippen LogP contribution in [0.3, 0.4) is 0 Å². The van der Waals surface area contributed by atoms with Crippen molar-refractivity contribution in [1.82, 2.24) is 29.8 Å². The lowest BCUT2D eigenvalue weighted by Crippen LogP contribution is -2.27. The number of aromatic nitrogens is 4. The summed E-state index contributed by atoms with van der Waals surface area (Å²) in [5.41, 5.74) is 5.82. The molecule has 0 saturated carbocycles. The molecule has 1 N–H and O–H groups in total. The topological polar surface area (TPSA) is 75.4 Å². The molecule has 7 heteroatoms. The summed E-state index contributed by atoms with van der Waals surface area (Å²) in [5.74, 6) is -0.0904. The molecule has 1 aromatic carbocycles. The van der Waals surface area contributed by atoms with Gasteiger partial charge < -0.3 is 10.2 Å². The molecular formula is C27H26N6O. The minimum atomic E-state index is -0.0904. The summed E-state index contributed by atoms with van der Waals surface area (Å²) in [6, 6.07) is 19.5. The van der Waals surface area contributed by atoms with Crippen LogP contribution in [0.2, 0.25) is 0 Å². The van der Waals surface area contributed by atoms with Crippen LogP contribution in [0.1, 0.15) is 16.8 Å². The van der Waals surface area contributed by atoms with Crippen LogP contribution < -0.4 is 5.32 Å². The van der Waals surface area contributed by atoms with Crippen LogP contribution in [0, 0.1) is 0 Å². The van der Waals surface area contributed by atoms with E-state index in [9.17, 15) is 4.79 Å². The van der Waals surface area contributed by atoms with Crippen LogP contribution in [-0.4, -0.2) is 57.6 Å². The van der Waals surface area contributed by atoms with Gasteiger partial charge in [0.05, 0.1) is 16.7 Å². The van der Waals surface area contributed by atoms with Crippen LogP contribution >= 0.6 is 0 Å². The zero-order chi connectivity index (χ0) is 23.5. The van der Waals surface area contributed by atoms with E-state index in [1.165, 1.54) is 0 Å². The number of fused-ring (bicyclic) bond motifs is 2. The molecule has 5 rings (SSSR count). The van der Waals surface area contributed by atoms with Gasteiger partial charge in [-0.1, -0.05) is 24.3 Å². The molecule has 4 aromatic heterocycles. The van der Waals surface area contributed by atoms with Crippen molar-refractivity contribution in [3.63, 3.8) is 0 Å². The summed E-state index contributed by atoms with van der Waals surface area (Å²) in [7, 11) is 4.05. The van der Waals surface area contributed by atoms with Crippen molar-refractivity contribution < 1.29 is 4.79 Å². The Hall–Kier alpha value is -4.10. The second kappa shape index (κ2) is 9.41. The van der Waals surface area contributed by atoms with E-state index in [-0.39, 0.29) is 5.91 Å². The van der Waals surface area contributed by atoms with Gasteiger partial charge in [-0.05, 0) is 69.0 Å². The van der Waals surface area contributed by atoms with Gasteiger partial charge in [0.15, 0.2) is 0 Å². The molecule has 5 aromatic rings. The third kappa shape index (κ3) is 4.25. The molecule has 34 heavy (non-hydrogen) atoms. The molecule has 0 atom stereocenters. The second-order valence-electron chi connectivity index (χ2n) is 8.47. The Kier molecular flexibility index (Phi) is 6.01. The van der Waals surface area contributed by atoms with Crippen molar-refractivity contribution in [2.45, 2.75) is 6.42 Å². The molecule has 0 aliphatic heterocycles. The minimum Gasteiger partial charge on any atom is -0.352 e. The Morgan fingerprint density at radius 3 is 2.68 bits per heavy atom. The second-order valence-corrected chi connectivity index (χ2v) is 8.47. The van der Waals surface area contributed by atoms with Gasteiger partial charge >= 0.3 is 0 Å². The van der Waals surface area contributed by atoms with Gasteiger partial charge in [-0.3, -0.25) is 14.8 Å². The van der Waals surface area contributed by atoms with E-state index in [2.05, 4.69) is 26.3 Å². The average Bonchev–Trinajstić information content (AvgIpc) is 3.25. The molecule has 0 aliphatic rings. The number of para-hydroxylation sites is 1. The summed E-state index contributed by atoms with van der Waals surface area (Å²) >= 11 is 0. The van der Waals surface area contributed by atoms with Crippen molar-refractivity contribution in [3.8, 4) is 22.5 Å². The van der Waals surface area contributed by atoms with E-state index in [1.807, 2.05) is 79.5 Å². The van der Waals surface area contributed by atoms with Gasteiger partial charge in [0.2, 0.25) is 0 Å². The standard InChI is InChI=1S/C27H26N6O/c1-32(2)16-7-14-30-27(34)19-12-17-33-24(18-19)25(26(31-33)23-10-5-6-13-28-23)21-11-15-29-22-9-4-3-8-20(21)22/h3-6,8-13,15,17-18H,7,14,16H2,1-2H3,(H,30,34). The van der Waals surface area contributed by atoms with E-state index in [1.54, 1.807) is 12.3 Å². The van der Waals surface area contributed by atoms with Crippen molar-refractivity contribution >= 4 is 22.3 Å². The smallest absolute Gasteiger partial charge is 0.251 e. The first-order valence-corrected chi connectivity index (χ1v) is 11.3. The number of carbonyl (C=O) groups is 1. The Labute approximate surface area is 198 Å². The van der Waals surface area contributed by atoms with E-state index in [0.29, 0.717) is 12.1 Å². The van der Waals surface area contributed by atoms with E-state index in [4.69, 9.17) is 5.10 Å². The fourth-order valence-corrected chi connectivity index (χ4v) is 4.15. The van der Waals surface area contributed by atoms with E-state index < -0.39 is 0 Å². The predicted octanol–water partition coefficient (Wildman–Crippen LogP) is 4.29. The zero-order valence-electron chi connectivity index (χ0n) is 19.3. The van der Waals surface area contributed by atoms with Crippen LogP contribution in [0.15, 0.2) is 79.3 Å². The molecule has 0 aliphatic carbocycles. The van der Waals surface area contributed by atoms with Crippen LogP contribution in [-0.2, 0) is 0 Å². The fraction of sp³-hybridized carbons (Fsp3) is 0.185. The highest BCUT2D eigenvalue weighted by Gasteiger charge is 2.20. The quantitative estimate of drug-likeness (QED) is 0.374. The molecule has 0 fully saturated rings. The van der Waals surface area contributed by atoms with Crippen LogP contribution in [0.25, 0.3) is 38.9 Å². The van der Waals surface area contributed by atoms with E-state index in [0.717, 1.165) is 51.9 Å². The number of nitrogens with zero attached hydrogens (tertiary/aromatic N) is 5. The monoisotopic (exact) mass is 450 g/mol. The number of pyridine rings is 3. The summed E-state index contributed by atoms with van der Waals surface area (Å²) in [6.07, 6.45) is 6.31. The number of rotatable bonds is 7. The lowest BCUT2D eigenvalue weighted by molar-refractivity contribution is 0.0952. The van der Waals surface area contributed by atoms with Crippen LogP contribution in [0.5, 0.6) is 0 Å². The van der Waals surface area contributed by atoms with Gasteiger partial charge in [-0.2, -0.15) is 5.10 Å². The molecule has 0 saturated heterocycles. The molecular weight excluding hydrogens is 424 g/mol. The molecule has 0 bridgehead atoms. The SMILES string of the molecule is CN(C)CCCNC(=O)c1ccn2nc(-c3ccccn3)c(-c3ccnc4ccccc34)c2c1. The van der Waals surface area contributed by atoms with Gasteiger partial charge in [-0.25, -0.2) is 4.52 Å². The maximum absolute atomic E-state index is 12.9. The summed E-state index contributed by atoms with van der Waals surface area (Å²) < 4.78 is 1.82. The average molecular weight is 451 g/mol. The van der Waals surface area contributed by atoms with Crippen molar-refractivity contribution in [2.75, 3.05) is 27.2 Å². The summed E-state index contributed by atoms with van der Waals surface area (Å²) in [4.78, 5) is 24.1. The zero-order valence-corrected chi connectivity index (χ0v) is 19.3. The van der Waals surface area contributed by atoms with Crippen molar-refractivity contribution in [2.24, 2.45) is 0 Å². The highest BCUT2D eigenvalue weighted by atomic mass is 16.1. The van der Waals surface area contributed by atoms with Gasteiger partial charge in [0, 0.05) is 41.6 Å². The normalized spacial score (nSPS) is 11.4. The number of hydrogen-bond acceptors (Lipinski definition) is 5. The van der Waals surface area contributed by atoms with E-state index >= 15 is 0 Å². The molecule has 1 amide bonds. The number of nitrogens with one attached hydrogen (secondary N) is 1. The first kappa shape index (κ1) is 21.7. The summed E-state index contributed by atoms with van der Waals surface area (Å²) in [6.45, 7) is 1.55. The minimum absolute atomic E-state index is 0.0904. The Morgan fingerprint density at radius 2 is 1.85 bits per heavy atom. The molecule has 7 nitrogen and oxygen atoms in total. The van der Waals surface area contributed by atoms with Gasteiger partial charge in [0.1, 0.15) is 5.69 Å². The Bertz CT molecular complexity index is 1450. The summed E-state index contributed by atoms with van der Waals surface area (Å²) in [5, 5.41) is 8.91. The van der Waals surface area contributed by atoms with Crippen molar-refractivity contribution in [1.29, 1.82) is 0 Å². The van der Waals surface area contributed by atoms with Crippen LogP contribution in [0.4, 0.5) is 0 Å². The largest absolute Gasteiger partial charge is 0.352 e. The number of carbonyl (C=O) groups excluding carboxylic acids is 1. The first-order valence-electron chi connectivity index (χ1n) is 11.3. The molecule has 0 spiro atoms. The fourth-order valence-electron chi connectivity index (χ4n) is 4.15. The molecule has 170 valence electrons. The maximum Gasteiger partial charge on any atom is 0.251 e. The van der Waals surface area contributed by atoms with Gasteiger partial charge in [-0.15, -0.1) is 0 Å². The number of amides is 1. The third-order valence-corrected chi connectivity index (χ3v) is 5.79. The molecule has 4 heterocycles. The lowest BCUT2D eigenvalue weighted by atomic mass is 9.98. The first-order chi connectivity index (χ1) is 16.6. The lowest BCUT2D eigenvalue weighted by Gasteiger charge is -2.10. The Balaban J connectivity index is 1.64. The molecule has 0 unspecified atom stereocenters.